The van der Waals surface area contributed by atoms with Gasteiger partial charge in [-0.25, -0.2) is 0 Å². The predicted octanol–water partition coefficient (Wildman–Crippen LogP) is -0.320. The van der Waals surface area contributed by atoms with Crippen LogP contribution in [0.1, 0.15) is 0 Å². The monoisotopic (exact) mass is 107 g/mol. The Morgan fingerprint density at radius 2 is 1.25 bits per heavy atom. The molecule has 0 N–H and O–H groups in total. The average Bonchev–Trinajstić information content (AvgIpc) is 1.00. The summed E-state index contributed by atoms with van der Waals surface area (Å²) in [7, 11) is 0. The summed E-state index contributed by atoms with van der Waals surface area (Å²) in [5.41, 5.74) is 0. The van der Waals surface area contributed by atoms with E-state index in [0.29, 0.717) is 16.2 Å². The van der Waals surface area contributed by atoms with Crippen molar-refractivity contribution in [1.82, 2.24) is 0 Å². The fourth-order valence-corrected chi connectivity index (χ4v) is 0. The van der Waals surface area contributed by atoms with E-state index in [-0.39, 0.29) is 29.1 Å². The summed E-state index contributed by atoms with van der Waals surface area (Å²) in [6.07, 6.45) is 0. The van der Waals surface area contributed by atoms with Crippen molar-refractivity contribution < 1.29 is 25.5 Å². The minimum Gasteiger partial charge on any atom is 0 e. The molecule has 0 rings (SSSR count). The van der Waals surface area contributed by atoms with Crippen LogP contribution in [0.4, 0.5) is 0 Å². The number of hydrogen-bond donors (Lipinski definition) is 0. The van der Waals surface area contributed by atoms with E-state index in [4.69, 9.17) is 3.80 Å². The number of hydrogen-bond acceptors (Lipinski definition) is 1. The van der Waals surface area contributed by atoms with Crippen LogP contribution in [0.3, 0.4) is 0 Å². The van der Waals surface area contributed by atoms with Crippen molar-refractivity contribution in [3.05, 3.63) is 7.43 Å². The SMILES string of the molecule is [CH3-].[O]=[AlH].[Ti]. The minimum absolute atomic E-state index is 0. The predicted molar refractivity (Wildman–Crippen MR) is 14.2 cm³/mol. The zero-order valence-electron chi connectivity index (χ0n) is 2.62. The van der Waals surface area contributed by atoms with E-state index >= 15 is 0 Å². The zero-order valence-corrected chi connectivity index (χ0v) is 5.59. The number of rotatable bonds is 0. The summed E-state index contributed by atoms with van der Waals surface area (Å²) in [6, 6.07) is 0. The van der Waals surface area contributed by atoms with Gasteiger partial charge >= 0.3 is 20.0 Å². The Morgan fingerprint density at radius 1 is 1.25 bits per heavy atom. The Balaban J connectivity index is -0.00000000500. The average molecular weight is 107 g/mol. The molecule has 3 heteroatoms. The topological polar surface area (TPSA) is 17.1 Å². The van der Waals surface area contributed by atoms with E-state index in [9.17, 15) is 0 Å². The molecule has 0 aliphatic heterocycles. The molecule has 0 bridgehead atoms. The van der Waals surface area contributed by atoms with Crippen molar-refractivity contribution in [3.8, 4) is 0 Å². The maximum absolute atomic E-state index is 8.28. The van der Waals surface area contributed by atoms with Crippen LogP contribution < -0.4 is 0 Å². The molecule has 0 aromatic heterocycles. The van der Waals surface area contributed by atoms with Crippen molar-refractivity contribution in [3.63, 3.8) is 0 Å². The van der Waals surface area contributed by atoms with Crippen LogP contribution in [0.15, 0.2) is 0 Å². The Kier molecular flexibility index (Phi) is 169. The van der Waals surface area contributed by atoms with E-state index in [1.54, 1.807) is 0 Å². The summed E-state index contributed by atoms with van der Waals surface area (Å²) in [4.78, 5) is 0. The molecule has 0 unspecified atom stereocenters. The van der Waals surface area contributed by atoms with Crippen LogP contribution >= 0.6 is 0 Å². The normalized spacial score (nSPS) is 0.750. The molecule has 0 fully saturated rings. The van der Waals surface area contributed by atoms with Gasteiger partial charge in [-0.2, -0.15) is 0 Å². The van der Waals surface area contributed by atoms with Gasteiger partial charge in [0, 0.05) is 21.7 Å². The molecule has 0 amide bonds. The molecule has 4 heavy (non-hydrogen) atoms. The van der Waals surface area contributed by atoms with Gasteiger partial charge in [0.15, 0.2) is 0 Å². The molecular weight excluding hydrogens is 103 g/mol. The van der Waals surface area contributed by atoms with E-state index in [1.807, 2.05) is 0 Å². The largest absolute Gasteiger partial charge is 0 e. The molecule has 22 valence electrons. The van der Waals surface area contributed by atoms with Gasteiger partial charge in [-0.15, -0.1) is 0 Å². The van der Waals surface area contributed by atoms with Crippen molar-refractivity contribution in [2.75, 3.05) is 0 Å². The summed E-state index contributed by atoms with van der Waals surface area (Å²) >= 11 is 0.611. The molecule has 0 saturated carbocycles. The minimum atomic E-state index is 0. The standard InChI is InChI=1S/CH3.Al.O.Ti.H/h1H3;;;;/q-1;;;;. The smallest absolute Gasteiger partial charge is 0 e. The first-order valence-corrected chi connectivity index (χ1v) is 0.866. The molecule has 0 radical (unpaired) electrons. The molecule has 0 spiro atoms. The van der Waals surface area contributed by atoms with Crippen LogP contribution in [0.25, 0.3) is 0 Å². The Bertz CT molecular complexity index is 8.00. The fraction of sp³-hybridized carbons (Fsp3) is 0. The summed E-state index contributed by atoms with van der Waals surface area (Å²) in [6.45, 7) is 0. The third kappa shape index (κ3) is 11.6. The Morgan fingerprint density at radius 3 is 1.25 bits per heavy atom. The molecular formula is CH4AlOTi-. The second kappa shape index (κ2) is 34.3. The van der Waals surface area contributed by atoms with Crippen molar-refractivity contribution >= 4 is 16.2 Å². The van der Waals surface area contributed by atoms with Gasteiger partial charge in [0.2, 0.25) is 0 Å². The molecule has 0 aliphatic rings. The second-order valence-corrected chi connectivity index (χ2v) is 0. The van der Waals surface area contributed by atoms with Gasteiger partial charge in [0.1, 0.15) is 0 Å². The maximum atomic E-state index is 8.28. The van der Waals surface area contributed by atoms with Gasteiger partial charge in [0.25, 0.3) is 0 Å². The first-order chi connectivity index (χ1) is 1.00. The van der Waals surface area contributed by atoms with Crippen molar-refractivity contribution in [2.24, 2.45) is 0 Å². The Hall–Kier alpha value is 1.05. The summed E-state index contributed by atoms with van der Waals surface area (Å²) < 4.78 is 8.28. The van der Waals surface area contributed by atoms with Crippen LogP contribution in [-0.4, -0.2) is 16.2 Å². The molecule has 1 nitrogen and oxygen atoms in total. The third-order valence-electron chi connectivity index (χ3n) is 0. The van der Waals surface area contributed by atoms with Gasteiger partial charge in [0.05, 0.1) is 0 Å². The van der Waals surface area contributed by atoms with Gasteiger partial charge in [-0.1, -0.05) is 0 Å². The molecule has 0 aromatic carbocycles. The van der Waals surface area contributed by atoms with Gasteiger partial charge in [-0.05, 0) is 0 Å². The Labute approximate surface area is 49.3 Å². The fourth-order valence-electron chi connectivity index (χ4n) is 0. The van der Waals surface area contributed by atoms with Crippen LogP contribution in [0, 0.1) is 7.43 Å². The molecule has 0 heterocycles. The van der Waals surface area contributed by atoms with E-state index in [1.165, 1.54) is 0 Å². The van der Waals surface area contributed by atoms with E-state index < -0.39 is 0 Å². The molecule has 0 atom stereocenters. The first kappa shape index (κ1) is 19.7. The van der Waals surface area contributed by atoms with Crippen molar-refractivity contribution in [1.29, 1.82) is 0 Å². The second-order valence-electron chi connectivity index (χ2n) is 0. The molecule has 0 saturated heterocycles. The molecule has 0 aromatic rings. The molecule has 0 aliphatic carbocycles. The van der Waals surface area contributed by atoms with Crippen LogP contribution in [-0.2, 0) is 25.5 Å². The van der Waals surface area contributed by atoms with E-state index in [0.717, 1.165) is 0 Å². The van der Waals surface area contributed by atoms with Crippen LogP contribution in [0.5, 0.6) is 0 Å². The van der Waals surface area contributed by atoms with Gasteiger partial charge < -0.3 is 7.43 Å². The third-order valence-corrected chi connectivity index (χ3v) is 0. The van der Waals surface area contributed by atoms with Crippen LogP contribution in [0.2, 0.25) is 0 Å². The summed E-state index contributed by atoms with van der Waals surface area (Å²) in [5, 5.41) is 0. The quantitative estimate of drug-likeness (QED) is 0.306. The van der Waals surface area contributed by atoms with Crippen molar-refractivity contribution in [2.45, 2.75) is 0 Å². The zero-order chi connectivity index (χ0) is 2.00. The van der Waals surface area contributed by atoms with E-state index in [2.05, 4.69) is 0 Å². The van der Waals surface area contributed by atoms with Gasteiger partial charge in [-0.3, -0.25) is 0 Å². The maximum Gasteiger partial charge on any atom is 0 e. The first-order valence-electron chi connectivity index (χ1n) is 0.289. The summed E-state index contributed by atoms with van der Waals surface area (Å²) in [5.74, 6) is 0.